The van der Waals surface area contributed by atoms with Crippen LogP contribution >= 0.6 is 23.8 Å². The van der Waals surface area contributed by atoms with E-state index in [-0.39, 0.29) is 17.3 Å². The average Bonchev–Trinajstić information content (AvgIpc) is 2.85. The Balaban J connectivity index is 2.11. The van der Waals surface area contributed by atoms with Crippen LogP contribution in [0.25, 0.3) is 0 Å². The number of nitriles is 1. The smallest absolute Gasteiger partial charge is 0.326 e. The van der Waals surface area contributed by atoms with E-state index in [4.69, 9.17) is 34.8 Å². The van der Waals surface area contributed by atoms with Gasteiger partial charge in [0.15, 0.2) is 5.11 Å². The summed E-state index contributed by atoms with van der Waals surface area (Å²) in [6, 6.07) is 9.57. The number of carbonyl (C=O) groups excluding carboxylic acids is 1. The maximum atomic E-state index is 13.4. The Morgan fingerprint density at radius 3 is 2.37 bits per heavy atom. The number of hydrogen-bond donors (Lipinski definition) is 1. The molecule has 1 saturated heterocycles. The molecule has 1 aliphatic heterocycles. The van der Waals surface area contributed by atoms with Gasteiger partial charge in [0.05, 0.1) is 22.9 Å². The van der Waals surface area contributed by atoms with Crippen LogP contribution in [0, 0.1) is 11.3 Å². The minimum atomic E-state index is -4.76. The van der Waals surface area contributed by atoms with Crippen molar-refractivity contribution in [2.45, 2.75) is 32.1 Å². The van der Waals surface area contributed by atoms with Crippen molar-refractivity contribution in [1.82, 2.24) is 0 Å². The van der Waals surface area contributed by atoms with Crippen LogP contribution in [0.4, 0.5) is 24.5 Å². The van der Waals surface area contributed by atoms with Crippen LogP contribution in [-0.2, 0) is 17.5 Å². The highest BCUT2D eigenvalue weighted by molar-refractivity contribution is 7.81. The van der Waals surface area contributed by atoms with E-state index in [1.807, 2.05) is 0 Å². The summed E-state index contributed by atoms with van der Waals surface area (Å²) in [4.78, 5) is 15.7. The summed E-state index contributed by atoms with van der Waals surface area (Å²) in [5.41, 5.74) is 3.91. The number of thiocarbonyl (C=S) groups is 1. The Labute approximate surface area is 181 Å². The summed E-state index contributed by atoms with van der Waals surface area (Å²) in [5.74, 6) is -0.510. The second-order valence-electron chi connectivity index (χ2n) is 7.14. The van der Waals surface area contributed by atoms with Gasteiger partial charge in [0.2, 0.25) is 0 Å². The molecule has 0 aliphatic carbocycles. The van der Waals surface area contributed by atoms with Gasteiger partial charge < -0.3 is 10.6 Å². The number of halogens is 4. The molecule has 30 heavy (non-hydrogen) atoms. The van der Waals surface area contributed by atoms with Gasteiger partial charge in [0.25, 0.3) is 5.91 Å². The summed E-state index contributed by atoms with van der Waals surface area (Å²) >= 11 is 11.7. The highest BCUT2D eigenvalue weighted by Gasteiger charge is 2.50. The fraction of sp³-hybridized carbons (Fsp3) is 0.250. The maximum absolute atomic E-state index is 13.4. The van der Waals surface area contributed by atoms with Crippen molar-refractivity contribution >= 4 is 46.2 Å². The van der Waals surface area contributed by atoms with E-state index in [1.54, 1.807) is 32.0 Å². The number of rotatable bonds is 3. The fourth-order valence-electron chi connectivity index (χ4n) is 3.30. The van der Waals surface area contributed by atoms with Gasteiger partial charge in [-0.25, -0.2) is 0 Å². The minimum Gasteiger partial charge on any atom is -0.326 e. The first-order chi connectivity index (χ1) is 13.9. The number of nitrogens with two attached hydrogens (primary N) is 1. The zero-order valence-corrected chi connectivity index (χ0v) is 17.5. The predicted octanol–water partition coefficient (Wildman–Crippen LogP) is 4.61. The van der Waals surface area contributed by atoms with Crippen molar-refractivity contribution in [1.29, 1.82) is 5.26 Å². The number of carbonyl (C=O) groups is 1. The molecule has 0 atom stereocenters. The van der Waals surface area contributed by atoms with E-state index in [0.29, 0.717) is 16.3 Å². The monoisotopic (exact) mass is 452 g/mol. The fourth-order valence-corrected chi connectivity index (χ4v) is 4.07. The molecule has 0 aromatic heterocycles. The Morgan fingerprint density at radius 1 is 1.20 bits per heavy atom. The number of benzene rings is 2. The lowest BCUT2D eigenvalue weighted by molar-refractivity contribution is -0.137. The quantitative estimate of drug-likeness (QED) is 0.689. The molecule has 1 fully saturated rings. The van der Waals surface area contributed by atoms with Gasteiger partial charge in [-0.15, -0.1) is 0 Å². The Morgan fingerprint density at radius 2 is 1.83 bits per heavy atom. The van der Waals surface area contributed by atoms with Crippen molar-refractivity contribution in [2.24, 2.45) is 5.73 Å². The molecule has 0 radical (unpaired) electrons. The van der Waals surface area contributed by atoms with Crippen molar-refractivity contribution in [3.05, 3.63) is 58.1 Å². The van der Waals surface area contributed by atoms with Crippen LogP contribution in [0.15, 0.2) is 36.4 Å². The van der Waals surface area contributed by atoms with Gasteiger partial charge in [0.1, 0.15) is 5.54 Å². The molecule has 1 heterocycles. The van der Waals surface area contributed by atoms with Gasteiger partial charge in [-0.1, -0.05) is 17.7 Å². The van der Waals surface area contributed by atoms with Crippen molar-refractivity contribution in [2.75, 3.05) is 9.80 Å². The third kappa shape index (κ3) is 3.51. The largest absolute Gasteiger partial charge is 0.417 e. The second kappa shape index (κ2) is 7.54. The average molecular weight is 453 g/mol. The lowest BCUT2D eigenvalue weighted by Gasteiger charge is -2.29. The molecule has 156 valence electrons. The zero-order valence-electron chi connectivity index (χ0n) is 15.9. The lowest BCUT2D eigenvalue weighted by atomic mass is 10.0. The van der Waals surface area contributed by atoms with Crippen molar-refractivity contribution in [3.8, 4) is 6.07 Å². The topological polar surface area (TPSA) is 73.4 Å². The first-order valence-corrected chi connectivity index (χ1v) is 9.50. The van der Waals surface area contributed by atoms with Crippen LogP contribution in [0.1, 0.15) is 30.5 Å². The molecule has 0 saturated carbocycles. The van der Waals surface area contributed by atoms with Crippen LogP contribution in [0.3, 0.4) is 0 Å². The van der Waals surface area contributed by atoms with Crippen LogP contribution in [0.5, 0.6) is 0 Å². The number of nitrogens with zero attached hydrogens (tertiary/aromatic N) is 3. The van der Waals surface area contributed by atoms with E-state index in [0.717, 1.165) is 17.0 Å². The SMILES string of the molecule is CC1(C)C(=O)N(c2ccc(C#N)c(C(F)(F)F)c2)C(=S)N1c1ccc(CN)c(Cl)c1. The molecule has 2 aromatic rings. The number of hydrogen-bond acceptors (Lipinski definition) is 4. The third-order valence-corrected chi connectivity index (χ3v) is 5.59. The molecular weight excluding hydrogens is 437 g/mol. The molecule has 3 rings (SSSR count). The molecule has 0 bridgehead atoms. The molecule has 2 aromatic carbocycles. The van der Waals surface area contributed by atoms with Gasteiger partial charge in [-0.3, -0.25) is 9.69 Å². The molecule has 1 amide bonds. The molecule has 2 N–H and O–H groups in total. The first kappa shape index (κ1) is 22.0. The van der Waals surface area contributed by atoms with E-state index in [1.165, 1.54) is 17.0 Å². The van der Waals surface area contributed by atoms with E-state index < -0.39 is 28.7 Å². The molecule has 10 heteroatoms. The minimum absolute atomic E-state index is 0.000558. The Bertz CT molecular complexity index is 1090. The van der Waals surface area contributed by atoms with Crippen LogP contribution < -0.4 is 15.5 Å². The molecular formula is C20H16ClF3N4OS. The molecule has 5 nitrogen and oxygen atoms in total. The number of anilines is 2. The van der Waals surface area contributed by atoms with Crippen molar-refractivity contribution < 1.29 is 18.0 Å². The molecule has 1 aliphatic rings. The standard InChI is InChI=1S/C20H16ClF3N4OS/c1-19(2)17(29)27(13-5-3-11(9-25)15(7-13)20(22,23)24)18(30)28(19)14-6-4-12(10-26)16(21)8-14/h3-8H,10,26H2,1-2H3. The highest BCUT2D eigenvalue weighted by Crippen LogP contribution is 2.40. The zero-order chi connectivity index (χ0) is 22.4. The van der Waals surface area contributed by atoms with E-state index in [2.05, 4.69) is 0 Å². The Hall–Kier alpha value is -2.67. The van der Waals surface area contributed by atoms with E-state index in [9.17, 15) is 18.0 Å². The van der Waals surface area contributed by atoms with Crippen LogP contribution in [0.2, 0.25) is 5.02 Å². The summed E-state index contributed by atoms with van der Waals surface area (Å²) in [5, 5.41) is 9.38. The van der Waals surface area contributed by atoms with Gasteiger partial charge >= 0.3 is 6.18 Å². The van der Waals surface area contributed by atoms with Gasteiger partial charge in [-0.05, 0) is 62.0 Å². The van der Waals surface area contributed by atoms with Gasteiger partial charge in [-0.2, -0.15) is 18.4 Å². The van der Waals surface area contributed by atoms with Gasteiger partial charge in [0, 0.05) is 17.3 Å². The van der Waals surface area contributed by atoms with Crippen molar-refractivity contribution in [3.63, 3.8) is 0 Å². The predicted molar refractivity (Wildman–Crippen MR) is 112 cm³/mol. The van der Waals surface area contributed by atoms with Crippen LogP contribution in [-0.4, -0.2) is 16.6 Å². The second-order valence-corrected chi connectivity index (χ2v) is 7.91. The highest BCUT2D eigenvalue weighted by atomic mass is 35.5. The molecule has 0 unspecified atom stereocenters. The summed E-state index contributed by atoms with van der Waals surface area (Å²) in [6.07, 6.45) is -4.76. The number of alkyl halides is 3. The van der Waals surface area contributed by atoms with E-state index >= 15 is 0 Å². The first-order valence-electron chi connectivity index (χ1n) is 8.72. The lowest BCUT2D eigenvalue weighted by Crippen LogP contribution is -2.44. The summed E-state index contributed by atoms with van der Waals surface area (Å²) in [7, 11) is 0. The normalized spacial score (nSPS) is 16.2. The number of amides is 1. The summed E-state index contributed by atoms with van der Waals surface area (Å²) in [6.45, 7) is 3.45. The summed E-state index contributed by atoms with van der Waals surface area (Å²) < 4.78 is 40.2. The third-order valence-electron chi connectivity index (χ3n) is 4.87. The Kier molecular flexibility index (Phi) is 5.54. The maximum Gasteiger partial charge on any atom is 0.417 e. The molecule has 0 spiro atoms.